The van der Waals surface area contributed by atoms with Crippen LogP contribution in [0.25, 0.3) is 0 Å². The van der Waals surface area contributed by atoms with E-state index in [0.29, 0.717) is 28.8 Å². The number of anilines is 1. The van der Waals surface area contributed by atoms with Gasteiger partial charge in [-0.3, -0.25) is 14.4 Å². The zero-order valence-corrected chi connectivity index (χ0v) is 15.7. The molecule has 6 heteroatoms. The van der Waals surface area contributed by atoms with Gasteiger partial charge >= 0.3 is 0 Å². The lowest BCUT2D eigenvalue weighted by atomic mass is 9.81. The van der Waals surface area contributed by atoms with E-state index >= 15 is 0 Å². The van der Waals surface area contributed by atoms with Crippen molar-refractivity contribution in [3.05, 3.63) is 59.9 Å². The number of ketones is 1. The van der Waals surface area contributed by atoms with Crippen molar-refractivity contribution >= 4 is 23.3 Å². The molecular weight excluding hydrogens is 373 g/mol. The first kappa shape index (κ1) is 18.0. The number of hydrogen-bond donors (Lipinski definition) is 0. The average molecular weight is 393 g/mol. The zero-order chi connectivity index (χ0) is 20.1. The van der Waals surface area contributed by atoms with Gasteiger partial charge in [0.05, 0.1) is 17.5 Å². The molecule has 0 spiro atoms. The number of amides is 2. The van der Waals surface area contributed by atoms with Gasteiger partial charge in [-0.2, -0.15) is 0 Å². The number of benzene rings is 2. The lowest BCUT2D eigenvalue weighted by Gasteiger charge is -2.20. The van der Waals surface area contributed by atoms with E-state index in [1.807, 2.05) is 0 Å². The van der Waals surface area contributed by atoms with Crippen molar-refractivity contribution in [3.63, 3.8) is 0 Å². The molecule has 5 nitrogen and oxygen atoms in total. The van der Waals surface area contributed by atoms with Crippen LogP contribution >= 0.6 is 0 Å². The monoisotopic (exact) mass is 393 g/mol. The summed E-state index contributed by atoms with van der Waals surface area (Å²) in [6, 6.07) is 12.0. The SMILES string of the molecule is O=C(COc1ccccc1N1C(=O)[C@@H]2[C@@H]3CC[C@@H](C3)[C@@H]2C1=O)c1ccc(F)cc1. The van der Waals surface area contributed by atoms with Crippen molar-refractivity contribution in [1.82, 2.24) is 0 Å². The van der Waals surface area contributed by atoms with Crippen LogP contribution in [0.1, 0.15) is 29.6 Å². The number of imide groups is 1. The number of Topliss-reactive ketones (excluding diaryl/α,β-unsaturated/α-hetero) is 1. The molecule has 0 N–H and O–H groups in total. The zero-order valence-electron chi connectivity index (χ0n) is 15.7. The van der Waals surface area contributed by atoms with Gasteiger partial charge in [0.25, 0.3) is 0 Å². The van der Waals surface area contributed by atoms with Crippen LogP contribution in [0.2, 0.25) is 0 Å². The molecule has 2 aromatic rings. The van der Waals surface area contributed by atoms with Crippen molar-refractivity contribution in [1.29, 1.82) is 0 Å². The third-order valence-corrected chi connectivity index (χ3v) is 6.56. The van der Waals surface area contributed by atoms with Crippen molar-refractivity contribution in [3.8, 4) is 5.75 Å². The molecule has 2 saturated carbocycles. The lowest BCUT2D eigenvalue weighted by Crippen LogP contribution is -2.33. The number of ether oxygens (including phenoxy) is 1. The van der Waals surface area contributed by atoms with Crippen molar-refractivity contribution < 1.29 is 23.5 Å². The third kappa shape index (κ3) is 2.85. The first-order chi connectivity index (χ1) is 14.0. The van der Waals surface area contributed by atoms with Crippen LogP contribution in [-0.2, 0) is 9.59 Å². The second kappa shape index (κ2) is 6.79. The minimum atomic E-state index is -0.418. The topological polar surface area (TPSA) is 63.7 Å². The number of fused-ring (bicyclic) bond motifs is 5. The number of hydrogen-bond acceptors (Lipinski definition) is 4. The molecule has 2 aromatic carbocycles. The predicted molar refractivity (Wildman–Crippen MR) is 103 cm³/mol. The molecule has 1 saturated heterocycles. The normalized spacial score (nSPS) is 27.4. The van der Waals surface area contributed by atoms with E-state index in [1.165, 1.54) is 29.2 Å². The van der Waals surface area contributed by atoms with Gasteiger partial charge in [0, 0.05) is 5.56 Å². The van der Waals surface area contributed by atoms with E-state index in [4.69, 9.17) is 4.74 Å². The van der Waals surface area contributed by atoms with Gasteiger partial charge in [0.2, 0.25) is 11.8 Å². The van der Waals surface area contributed by atoms with Gasteiger partial charge in [-0.15, -0.1) is 0 Å². The molecule has 2 aliphatic carbocycles. The molecule has 2 bridgehead atoms. The van der Waals surface area contributed by atoms with E-state index in [0.717, 1.165) is 19.3 Å². The Morgan fingerprint density at radius 1 is 0.966 bits per heavy atom. The molecule has 3 fully saturated rings. The molecule has 29 heavy (non-hydrogen) atoms. The number of rotatable bonds is 5. The maximum Gasteiger partial charge on any atom is 0.238 e. The summed E-state index contributed by atoms with van der Waals surface area (Å²) in [4.78, 5) is 39.8. The summed E-state index contributed by atoms with van der Waals surface area (Å²) < 4.78 is 18.7. The standard InChI is InChI=1S/C23H20FNO4/c24-16-9-7-13(8-10-16)18(26)12-29-19-4-2-1-3-17(19)25-22(27)20-14-5-6-15(11-14)21(20)23(25)28/h1-4,7-10,14-15,20-21H,5-6,11-12H2/t14-,15+,20-,21+. The summed E-state index contributed by atoms with van der Waals surface area (Å²) in [6.07, 6.45) is 3.01. The minimum Gasteiger partial charge on any atom is -0.483 e. The van der Waals surface area contributed by atoms with Crippen molar-refractivity contribution in [2.75, 3.05) is 11.5 Å². The molecular formula is C23H20FNO4. The third-order valence-electron chi connectivity index (χ3n) is 6.56. The quantitative estimate of drug-likeness (QED) is 0.575. The summed E-state index contributed by atoms with van der Waals surface area (Å²) in [5, 5.41) is 0. The van der Waals surface area contributed by atoms with Crippen LogP contribution in [0.4, 0.5) is 10.1 Å². The average Bonchev–Trinajstić information content (AvgIpc) is 3.41. The molecule has 2 amide bonds. The predicted octanol–water partition coefficient (Wildman–Crippen LogP) is 3.62. The summed E-state index contributed by atoms with van der Waals surface area (Å²) in [7, 11) is 0. The lowest BCUT2D eigenvalue weighted by molar-refractivity contribution is -0.123. The summed E-state index contributed by atoms with van der Waals surface area (Å²) in [6.45, 7) is -0.267. The highest BCUT2D eigenvalue weighted by Crippen LogP contribution is 2.57. The largest absolute Gasteiger partial charge is 0.483 e. The number of carbonyl (C=O) groups is 3. The fourth-order valence-corrected chi connectivity index (χ4v) is 5.27. The Balaban J connectivity index is 1.37. The second-order valence-electron chi connectivity index (χ2n) is 8.08. The van der Waals surface area contributed by atoms with Gasteiger partial charge < -0.3 is 4.74 Å². The van der Waals surface area contributed by atoms with Crippen molar-refractivity contribution in [2.24, 2.45) is 23.7 Å². The van der Waals surface area contributed by atoms with E-state index in [9.17, 15) is 18.8 Å². The molecule has 1 heterocycles. The van der Waals surface area contributed by atoms with Gasteiger partial charge in [-0.1, -0.05) is 12.1 Å². The van der Waals surface area contributed by atoms with Crippen LogP contribution in [0.15, 0.2) is 48.5 Å². The van der Waals surface area contributed by atoms with Gasteiger partial charge in [-0.05, 0) is 67.5 Å². The Labute approximate surface area is 167 Å². The molecule has 4 atom stereocenters. The molecule has 0 radical (unpaired) electrons. The Hall–Kier alpha value is -3.02. The van der Waals surface area contributed by atoms with E-state index < -0.39 is 5.82 Å². The van der Waals surface area contributed by atoms with Crippen molar-refractivity contribution in [2.45, 2.75) is 19.3 Å². The molecule has 0 aromatic heterocycles. The summed E-state index contributed by atoms with van der Waals surface area (Å²) >= 11 is 0. The fraction of sp³-hybridized carbons (Fsp3) is 0.348. The van der Waals surface area contributed by atoms with Gasteiger partial charge in [-0.25, -0.2) is 9.29 Å². The summed E-state index contributed by atoms with van der Waals surface area (Å²) in [5.74, 6) is -0.519. The first-order valence-corrected chi connectivity index (χ1v) is 9.93. The van der Waals surface area contributed by atoms with Crippen LogP contribution in [-0.4, -0.2) is 24.2 Å². The Morgan fingerprint density at radius 2 is 1.59 bits per heavy atom. The molecule has 1 aliphatic heterocycles. The van der Waals surface area contributed by atoms with Crippen LogP contribution in [0, 0.1) is 29.5 Å². The van der Waals surface area contributed by atoms with E-state index in [1.54, 1.807) is 24.3 Å². The second-order valence-corrected chi connectivity index (χ2v) is 8.08. The van der Waals surface area contributed by atoms with Crippen LogP contribution < -0.4 is 9.64 Å². The highest BCUT2D eigenvalue weighted by Gasteiger charge is 2.61. The maximum absolute atomic E-state index is 13.1. The number of halogens is 1. The van der Waals surface area contributed by atoms with Crippen LogP contribution in [0.5, 0.6) is 5.75 Å². The number of carbonyl (C=O) groups excluding carboxylic acids is 3. The number of nitrogens with zero attached hydrogens (tertiary/aromatic N) is 1. The molecule has 3 aliphatic rings. The summed E-state index contributed by atoms with van der Waals surface area (Å²) in [5.41, 5.74) is 0.728. The van der Waals surface area contributed by atoms with E-state index in [-0.39, 0.29) is 36.0 Å². The highest BCUT2D eigenvalue weighted by atomic mass is 19.1. The Kier molecular flexibility index (Phi) is 4.23. The van der Waals surface area contributed by atoms with Gasteiger partial charge in [0.15, 0.2) is 12.4 Å². The van der Waals surface area contributed by atoms with Crippen LogP contribution in [0.3, 0.4) is 0 Å². The first-order valence-electron chi connectivity index (χ1n) is 9.93. The highest BCUT2D eigenvalue weighted by molar-refractivity contribution is 6.23. The smallest absolute Gasteiger partial charge is 0.238 e. The van der Waals surface area contributed by atoms with Gasteiger partial charge in [0.1, 0.15) is 11.6 Å². The minimum absolute atomic E-state index is 0.145. The molecule has 5 rings (SSSR count). The Morgan fingerprint density at radius 3 is 2.24 bits per heavy atom. The van der Waals surface area contributed by atoms with E-state index in [2.05, 4.69) is 0 Å². The maximum atomic E-state index is 13.1. The Bertz CT molecular complexity index is 974. The fourth-order valence-electron chi connectivity index (χ4n) is 5.27. The molecule has 0 unspecified atom stereocenters. The number of para-hydroxylation sites is 2. The molecule has 148 valence electrons.